The van der Waals surface area contributed by atoms with Crippen molar-refractivity contribution in [1.29, 1.82) is 0 Å². The van der Waals surface area contributed by atoms with E-state index < -0.39 is 11.8 Å². The molecule has 0 aliphatic heterocycles. The van der Waals surface area contributed by atoms with E-state index in [1.54, 1.807) is 55.5 Å². The molecule has 0 fully saturated rings. The van der Waals surface area contributed by atoms with E-state index in [1.807, 2.05) is 43.3 Å². The number of amides is 2. The Balaban J connectivity index is 1.83. The molecule has 0 bridgehead atoms. The fourth-order valence-corrected chi connectivity index (χ4v) is 3.60. The zero-order valence-electron chi connectivity index (χ0n) is 20.2. The number of rotatable bonds is 9. The first-order chi connectivity index (χ1) is 17.3. The number of carbonyl (C=O) groups is 2. The van der Waals surface area contributed by atoms with Crippen molar-refractivity contribution in [2.45, 2.75) is 6.92 Å². The summed E-state index contributed by atoms with van der Waals surface area (Å²) in [4.78, 5) is 27.7. The fraction of sp³-hybridized carbons (Fsp3) is 0.148. The lowest BCUT2D eigenvalue weighted by Gasteiger charge is -2.13. The summed E-state index contributed by atoms with van der Waals surface area (Å²) in [6, 6.07) is 19.4. The van der Waals surface area contributed by atoms with Crippen LogP contribution in [0.25, 0.3) is 6.08 Å². The van der Waals surface area contributed by atoms with Gasteiger partial charge in [-0.1, -0.05) is 30.3 Å². The van der Waals surface area contributed by atoms with Crippen LogP contribution in [0.15, 0.2) is 82.0 Å². The van der Waals surface area contributed by atoms with Crippen molar-refractivity contribution >= 4 is 45.7 Å². The molecular formula is C27H27BrN4O4. The smallest absolute Gasteiger partial charge is 0.287 e. The van der Waals surface area contributed by atoms with Crippen LogP contribution in [-0.4, -0.2) is 43.8 Å². The lowest BCUT2D eigenvalue weighted by molar-refractivity contribution is -0.117. The number of carbonyl (C=O) groups excluding carboxylic acids is 2. The Morgan fingerprint density at radius 2 is 1.75 bits per heavy atom. The summed E-state index contributed by atoms with van der Waals surface area (Å²) in [6.45, 7) is 2.18. The van der Waals surface area contributed by atoms with Crippen molar-refractivity contribution in [3.05, 3.63) is 93.6 Å². The minimum atomic E-state index is -0.602. The predicted molar refractivity (Wildman–Crippen MR) is 145 cm³/mol. The monoisotopic (exact) mass is 550 g/mol. The first-order valence-corrected chi connectivity index (χ1v) is 11.9. The molecule has 0 heterocycles. The van der Waals surface area contributed by atoms with Crippen LogP contribution in [-0.2, 0) is 4.79 Å². The molecule has 0 aliphatic carbocycles. The third kappa shape index (κ3) is 7.19. The molecule has 3 N–H and O–H groups in total. The van der Waals surface area contributed by atoms with Gasteiger partial charge in [-0.05, 0) is 76.5 Å². The standard InChI is InChI=1S/C27H27BrN4O4/c1-4-36-24-16-19(14-22(28)25(24)33)17-29-31-27(35)23(30-26(34)20-8-6-5-7-9-20)15-18-10-12-21(13-11-18)32(2)3/h5-17,33H,4H2,1-3H3,(H,30,34)(H,31,35). The van der Waals surface area contributed by atoms with Crippen molar-refractivity contribution in [3.8, 4) is 11.5 Å². The number of ether oxygens (including phenoxy) is 1. The lowest BCUT2D eigenvalue weighted by atomic mass is 10.1. The first kappa shape index (κ1) is 26.5. The second kappa shape index (κ2) is 12.6. The number of hydrogen-bond acceptors (Lipinski definition) is 6. The number of anilines is 1. The molecule has 3 aromatic rings. The van der Waals surface area contributed by atoms with E-state index in [-0.39, 0.29) is 17.2 Å². The van der Waals surface area contributed by atoms with Crippen molar-refractivity contribution in [2.24, 2.45) is 5.10 Å². The van der Waals surface area contributed by atoms with Gasteiger partial charge in [-0.3, -0.25) is 9.59 Å². The summed E-state index contributed by atoms with van der Waals surface area (Å²) in [5, 5.41) is 16.8. The van der Waals surface area contributed by atoms with Gasteiger partial charge in [-0.25, -0.2) is 5.43 Å². The number of halogens is 1. The van der Waals surface area contributed by atoms with E-state index in [0.717, 1.165) is 11.3 Å². The molecule has 36 heavy (non-hydrogen) atoms. The van der Waals surface area contributed by atoms with E-state index in [1.165, 1.54) is 6.21 Å². The van der Waals surface area contributed by atoms with E-state index in [4.69, 9.17) is 4.74 Å². The highest BCUT2D eigenvalue weighted by molar-refractivity contribution is 9.10. The van der Waals surface area contributed by atoms with Gasteiger partial charge in [-0.2, -0.15) is 5.10 Å². The zero-order valence-corrected chi connectivity index (χ0v) is 21.7. The summed E-state index contributed by atoms with van der Waals surface area (Å²) in [6.07, 6.45) is 2.99. The Labute approximate surface area is 218 Å². The van der Waals surface area contributed by atoms with Gasteiger partial charge >= 0.3 is 0 Å². The second-order valence-corrected chi connectivity index (χ2v) is 8.70. The van der Waals surface area contributed by atoms with Gasteiger partial charge in [0.05, 0.1) is 17.3 Å². The molecule has 3 aromatic carbocycles. The normalized spacial score (nSPS) is 11.3. The topological polar surface area (TPSA) is 103 Å². The summed E-state index contributed by atoms with van der Waals surface area (Å²) in [7, 11) is 3.87. The van der Waals surface area contributed by atoms with Crippen LogP contribution in [0.5, 0.6) is 11.5 Å². The fourth-order valence-electron chi connectivity index (χ4n) is 3.14. The Kier molecular flexibility index (Phi) is 9.24. The molecule has 0 atom stereocenters. The molecule has 0 radical (unpaired) electrons. The van der Waals surface area contributed by atoms with Crippen LogP contribution in [0.2, 0.25) is 0 Å². The van der Waals surface area contributed by atoms with Crippen molar-refractivity contribution in [3.63, 3.8) is 0 Å². The van der Waals surface area contributed by atoms with Crippen molar-refractivity contribution in [2.75, 3.05) is 25.6 Å². The van der Waals surface area contributed by atoms with Gasteiger partial charge in [0, 0.05) is 25.3 Å². The molecule has 0 unspecified atom stereocenters. The van der Waals surface area contributed by atoms with E-state index >= 15 is 0 Å². The number of phenolic OH excluding ortho intramolecular Hbond substituents is 1. The quantitative estimate of drug-likeness (QED) is 0.206. The molecule has 0 saturated carbocycles. The number of aromatic hydroxyl groups is 1. The van der Waals surface area contributed by atoms with Crippen LogP contribution >= 0.6 is 15.9 Å². The molecule has 186 valence electrons. The van der Waals surface area contributed by atoms with Crippen LogP contribution < -0.4 is 20.4 Å². The Bertz CT molecular complexity index is 1270. The molecule has 9 heteroatoms. The summed E-state index contributed by atoms with van der Waals surface area (Å²) in [5.74, 6) is -0.756. The maximum Gasteiger partial charge on any atom is 0.287 e. The number of nitrogens with one attached hydrogen (secondary N) is 2. The minimum Gasteiger partial charge on any atom is -0.503 e. The van der Waals surface area contributed by atoms with Crippen LogP contribution in [0.1, 0.15) is 28.4 Å². The molecule has 0 spiro atoms. The predicted octanol–water partition coefficient (Wildman–Crippen LogP) is 4.54. The molecule has 3 rings (SSSR count). The highest BCUT2D eigenvalue weighted by atomic mass is 79.9. The maximum atomic E-state index is 13.0. The van der Waals surface area contributed by atoms with Gasteiger partial charge in [0.15, 0.2) is 11.5 Å². The van der Waals surface area contributed by atoms with Gasteiger partial charge < -0.3 is 20.1 Å². The number of phenols is 1. The molecule has 0 aliphatic rings. The van der Waals surface area contributed by atoms with E-state index in [2.05, 4.69) is 31.8 Å². The SMILES string of the molecule is CCOc1cc(C=NNC(=O)C(=Cc2ccc(N(C)C)cc2)NC(=O)c2ccccc2)cc(Br)c1O. The molecule has 0 aromatic heterocycles. The minimum absolute atomic E-state index is 0.0211. The van der Waals surface area contributed by atoms with Gasteiger partial charge in [0.2, 0.25) is 0 Å². The van der Waals surface area contributed by atoms with Gasteiger partial charge in [-0.15, -0.1) is 0 Å². The molecule has 8 nitrogen and oxygen atoms in total. The molecule has 0 saturated heterocycles. The summed E-state index contributed by atoms with van der Waals surface area (Å²) >= 11 is 3.27. The van der Waals surface area contributed by atoms with Crippen molar-refractivity contribution in [1.82, 2.24) is 10.7 Å². The van der Waals surface area contributed by atoms with Crippen LogP contribution in [0.4, 0.5) is 5.69 Å². The average Bonchev–Trinajstić information content (AvgIpc) is 2.87. The number of hydrogen-bond donors (Lipinski definition) is 3. The molecular weight excluding hydrogens is 524 g/mol. The van der Waals surface area contributed by atoms with Crippen LogP contribution in [0.3, 0.4) is 0 Å². The highest BCUT2D eigenvalue weighted by Gasteiger charge is 2.15. The van der Waals surface area contributed by atoms with Crippen LogP contribution in [0, 0.1) is 0 Å². The first-order valence-electron chi connectivity index (χ1n) is 11.1. The lowest BCUT2D eigenvalue weighted by Crippen LogP contribution is -2.32. The number of benzene rings is 3. The third-order valence-electron chi connectivity index (χ3n) is 4.98. The van der Waals surface area contributed by atoms with E-state index in [9.17, 15) is 14.7 Å². The van der Waals surface area contributed by atoms with E-state index in [0.29, 0.717) is 22.2 Å². The molecule has 2 amide bonds. The highest BCUT2D eigenvalue weighted by Crippen LogP contribution is 2.35. The Hall–Kier alpha value is -4.11. The summed E-state index contributed by atoms with van der Waals surface area (Å²) in [5.41, 5.74) is 5.20. The summed E-state index contributed by atoms with van der Waals surface area (Å²) < 4.78 is 5.84. The van der Waals surface area contributed by atoms with Gasteiger partial charge in [0.1, 0.15) is 5.70 Å². The second-order valence-electron chi connectivity index (χ2n) is 7.85. The largest absolute Gasteiger partial charge is 0.503 e. The number of nitrogens with zero attached hydrogens (tertiary/aromatic N) is 2. The van der Waals surface area contributed by atoms with Gasteiger partial charge in [0.25, 0.3) is 11.8 Å². The zero-order chi connectivity index (χ0) is 26.1. The Morgan fingerprint density at radius 1 is 1.06 bits per heavy atom. The maximum absolute atomic E-state index is 13.0. The van der Waals surface area contributed by atoms with Crippen molar-refractivity contribution < 1.29 is 19.4 Å². The third-order valence-corrected chi connectivity index (χ3v) is 5.58. The average molecular weight is 551 g/mol. The Morgan fingerprint density at radius 3 is 2.39 bits per heavy atom. The number of hydrazone groups is 1.